The predicted octanol–water partition coefficient (Wildman–Crippen LogP) is 3.50. The summed E-state index contributed by atoms with van der Waals surface area (Å²) >= 11 is 0. The van der Waals surface area contributed by atoms with Gasteiger partial charge in [0.2, 0.25) is 0 Å². The summed E-state index contributed by atoms with van der Waals surface area (Å²) < 4.78 is 22.5. The molecule has 28 heavy (non-hydrogen) atoms. The summed E-state index contributed by atoms with van der Waals surface area (Å²) in [4.78, 5) is 12.6. The molecule has 1 fully saturated rings. The number of benzene rings is 2. The van der Waals surface area contributed by atoms with E-state index in [4.69, 9.17) is 18.9 Å². The lowest BCUT2D eigenvalue weighted by Gasteiger charge is -2.23. The molecule has 0 radical (unpaired) electrons. The van der Waals surface area contributed by atoms with Crippen molar-refractivity contribution < 1.29 is 23.7 Å². The van der Waals surface area contributed by atoms with E-state index >= 15 is 0 Å². The second kappa shape index (κ2) is 8.42. The molecule has 1 aliphatic heterocycles. The number of para-hydroxylation sites is 2. The van der Waals surface area contributed by atoms with E-state index in [1.54, 1.807) is 6.07 Å². The third-order valence-corrected chi connectivity index (χ3v) is 4.84. The standard InChI is InChI=1S/C22H25NO5/c1-2-25-17-5-3-4-6-18(17)28-14-21(24)23-22(15-7-8-15)16-9-10-19-20(13-16)27-12-11-26-19/h3-6,9-10,13,15,22H,2,7-8,11-12,14H2,1H3,(H,23,24). The Morgan fingerprint density at radius 3 is 2.50 bits per heavy atom. The highest BCUT2D eigenvalue weighted by atomic mass is 16.6. The molecule has 1 atom stereocenters. The van der Waals surface area contributed by atoms with Crippen LogP contribution < -0.4 is 24.3 Å². The number of carbonyl (C=O) groups excluding carboxylic acids is 1. The molecule has 1 amide bonds. The van der Waals surface area contributed by atoms with E-state index in [2.05, 4.69) is 5.32 Å². The van der Waals surface area contributed by atoms with Gasteiger partial charge < -0.3 is 24.3 Å². The zero-order valence-corrected chi connectivity index (χ0v) is 16.0. The number of amides is 1. The SMILES string of the molecule is CCOc1ccccc1OCC(=O)NC(c1ccc2c(c1)OCCO2)C1CC1. The minimum atomic E-state index is -0.155. The smallest absolute Gasteiger partial charge is 0.258 e. The highest BCUT2D eigenvalue weighted by Crippen LogP contribution is 2.43. The van der Waals surface area contributed by atoms with Gasteiger partial charge in [-0.3, -0.25) is 4.79 Å². The molecule has 0 spiro atoms. The van der Waals surface area contributed by atoms with Crippen molar-refractivity contribution in [2.45, 2.75) is 25.8 Å². The van der Waals surface area contributed by atoms with Crippen molar-refractivity contribution in [2.75, 3.05) is 26.4 Å². The fourth-order valence-electron chi connectivity index (χ4n) is 3.36. The van der Waals surface area contributed by atoms with Gasteiger partial charge in [-0.25, -0.2) is 0 Å². The van der Waals surface area contributed by atoms with E-state index < -0.39 is 0 Å². The first-order valence-electron chi connectivity index (χ1n) is 9.78. The van der Waals surface area contributed by atoms with Crippen molar-refractivity contribution in [2.24, 2.45) is 5.92 Å². The quantitative estimate of drug-likeness (QED) is 0.756. The van der Waals surface area contributed by atoms with E-state index in [1.807, 2.05) is 43.3 Å². The van der Waals surface area contributed by atoms with E-state index in [9.17, 15) is 4.79 Å². The van der Waals surface area contributed by atoms with Crippen LogP contribution in [0.2, 0.25) is 0 Å². The largest absolute Gasteiger partial charge is 0.490 e. The third-order valence-electron chi connectivity index (χ3n) is 4.84. The van der Waals surface area contributed by atoms with Gasteiger partial charge in [-0.15, -0.1) is 0 Å². The Labute approximate surface area is 164 Å². The average molecular weight is 383 g/mol. The molecule has 6 nitrogen and oxygen atoms in total. The Bertz CT molecular complexity index is 833. The zero-order valence-electron chi connectivity index (χ0n) is 16.0. The molecule has 1 aliphatic carbocycles. The molecule has 1 N–H and O–H groups in total. The number of rotatable bonds is 8. The fourth-order valence-corrected chi connectivity index (χ4v) is 3.36. The molecule has 0 bridgehead atoms. The topological polar surface area (TPSA) is 66.0 Å². The van der Waals surface area contributed by atoms with Crippen LogP contribution in [0.3, 0.4) is 0 Å². The van der Waals surface area contributed by atoms with Crippen LogP contribution >= 0.6 is 0 Å². The molecular weight excluding hydrogens is 358 g/mol. The molecular formula is C22H25NO5. The Hall–Kier alpha value is -2.89. The van der Waals surface area contributed by atoms with Crippen LogP contribution in [0.15, 0.2) is 42.5 Å². The number of ether oxygens (including phenoxy) is 4. The minimum absolute atomic E-state index is 0.0472. The van der Waals surface area contributed by atoms with E-state index in [1.165, 1.54) is 0 Å². The van der Waals surface area contributed by atoms with Gasteiger partial charge >= 0.3 is 0 Å². The normalized spacial score (nSPS) is 16.2. The van der Waals surface area contributed by atoms with Gasteiger partial charge in [-0.2, -0.15) is 0 Å². The molecule has 148 valence electrons. The van der Waals surface area contributed by atoms with Gasteiger partial charge in [0.15, 0.2) is 29.6 Å². The van der Waals surface area contributed by atoms with Crippen molar-refractivity contribution in [3.05, 3.63) is 48.0 Å². The number of carbonyl (C=O) groups is 1. The molecule has 2 aliphatic rings. The lowest BCUT2D eigenvalue weighted by molar-refractivity contribution is -0.124. The summed E-state index contributed by atoms with van der Waals surface area (Å²) in [6.45, 7) is 3.51. The molecule has 0 aromatic heterocycles. The van der Waals surface area contributed by atoms with Crippen LogP contribution in [0.5, 0.6) is 23.0 Å². The maximum absolute atomic E-state index is 12.6. The van der Waals surface area contributed by atoms with Crippen LogP contribution in [-0.4, -0.2) is 32.3 Å². The Morgan fingerprint density at radius 2 is 1.79 bits per heavy atom. The molecule has 2 aromatic carbocycles. The van der Waals surface area contributed by atoms with Crippen molar-refractivity contribution in [3.63, 3.8) is 0 Å². The molecule has 6 heteroatoms. The first-order valence-corrected chi connectivity index (χ1v) is 9.78. The summed E-state index contributed by atoms with van der Waals surface area (Å²) in [7, 11) is 0. The van der Waals surface area contributed by atoms with Crippen LogP contribution in [0.1, 0.15) is 31.4 Å². The van der Waals surface area contributed by atoms with E-state index in [0.717, 1.165) is 29.9 Å². The van der Waals surface area contributed by atoms with Gasteiger partial charge in [0.25, 0.3) is 5.91 Å². The van der Waals surface area contributed by atoms with Crippen molar-refractivity contribution in [1.29, 1.82) is 0 Å². The van der Waals surface area contributed by atoms with Crippen molar-refractivity contribution >= 4 is 5.91 Å². The summed E-state index contributed by atoms with van der Waals surface area (Å²) in [6, 6.07) is 13.2. The Balaban J connectivity index is 1.41. The van der Waals surface area contributed by atoms with Gasteiger partial charge in [0.05, 0.1) is 12.6 Å². The first kappa shape index (κ1) is 18.5. The summed E-state index contributed by atoms with van der Waals surface area (Å²) in [5.41, 5.74) is 1.04. The monoisotopic (exact) mass is 383 g/mol. The van der Waals surface area contributed by atoms with Crippen LogP contribution in [-0.2, 0) is 4.79 Å². The first-order chi connectivity index (χ1) is 13.7. The van der Waals surface area contributed by atoms with Crippen molar-refractivity contribution in [3.8, 4) is 23.0 Å². The molecule has 2 aromatic rings. The summed E-state index contributed by atoms with van der Waals surface area (Å²) in [5, 5.41) is 3.12. The van der Waals surface area contributed by atoms with Crippen LogP contribution in [0.4, 0.5) is 0 Å². The number of fused-ring (bicyclic) bond motifs is 1. The molecule has 0 saturated heterocycles. The summed E-state index contributed by atoms with van der Waals surface area (Å²) in [5.74, 6) is 3.00. The number of hydrogen-bond acceptors (Lipinski definition) is 5. The van der Waals surface area contributed by atoms with Gasteiger partial charge in [0.1, 0.15) is 13.2 Å². The Morgan fingerprint density at radius 1 is 1.07 bits per heavy atom. The van der Waals surface area contributed by atoms with Gasteiger partial charge in [0, 0.05) is 0 Å². The second-order valence-electron chi connectivity index (χ2n) is 6.95. The maximum Gasteiger partial charge on any atom is 0.258 e. The lowest BCUT2D eigenvalue weighted by atomic mass is 10.0. The van der Waals surface area contributed by atoms with Gasteiger partial charge in [-0.1, -0.05) is 18.2 Å². The maximum atomic E-state index is 12.6. The zero-order chi connectivity index (χ0) is 19.3. The lowest BCUT2D eigenvalue weighted by Crippen LogP contribution is -2.33. The molecule has 1 heterocycles. The number of hydrogen-bond donors (Lipinski definition) is 1. The third kappa shape index (κ3) is 4.32. The minimum Gasteiger partial charge on any atom is -0.490 e. The average Bonchev–Trinajstić information content (AvgIpc) is 3.56. The Kier molecular flexibility index (Phi) is 5.55. The number of nitrogens with one attached hydrogen (secondary N) is 1. The highest BCUT2D eigenvalue weighted by Gasteiger charge is 2.34. The van der Waals surface area contributed by atoms with Crippen LogP contribution in [0.25, 0.3) is 0 Å². The molecule has 1 saturated carbocycles. The predicted molar refractivity (Wildman–Crippen MR) is 104 cm³/mol. The molecule has 4 rings (SSSR count). The second-order valence-corrected chi connectivity index (χ2v) is 6.95. The van der Waals surface area contributed by atoms with E-state index in [0.29, 0.717) is 37.2 Å². The summed E-state index contributed by atoms with van der Waals surface area (Å²) in [6.07, 6.45) is 2.21. The molecule has 1 unspecified atom stereocenters. The fraction of sp³-hybridized carbons (Fsp3) is 0.409. The van der Waals surface area contributed by atoms with Crippen molar-refractivity contribution in [1.82, 2.24) is 5.32 Å². The highest BCUT2D eigenvalue weighted by molar-refractivity contribution is 5.78. The van der Waals surface area contributed by atoms with E-state index in [-0.39, 0.29) is 18.6 Å². The van der Waals surface area contributed by atoms with Crippen LogP contribution in [0, 0.1) is 5.92 Å². The van der Waals surface area contributed by atoms with Gasteiger partial charge in [-0.05, 0) is 55.5 Å².